The Labute approximate surface area is 95.0 Å². The number of benzene rings is 1. The molecule has 0 aliphatic heterocycles. The van der Waals surface area contributed by atoms with Crippen molar-refractivity contribution in [3.8, 4) is 0 Å². The van der Waals surface area contributed by atoms with Crippen LogP contribution in [0.5, 0.6) is 0 Å². The van der Waals surface area contributed by atoms with Gasteiger partial charge in [0.25, 0.3) is 5.91 Å². The highest BCUT2D eigenvalue weighted by Gasteiger charge is 2.12. The Bertz CT molecular complexity index is 359. The fourth-order valence-electron chi connectivity index (χ4n) is 1.45. The van der Waals surface area contributed by atoms with E-state index in [4.69, 9.17) is 5.73 Å². The van der Waals surface area contributed by atoms with Crippen molar-refractivity contribution in [2.75, 3.05) is 19.3 Å². The molecule has 0 aliphatic carbocycles. The van der Waals surface area contributed by atoms with E-state index >= 15 is 0 Å². The van der Waals surface area contributed by atoms with Crippen molar-refractivity contribution in [3.63, 3.8) is 0 Å². The lowest BCUT2D eigenvalue weighted by Crippen LogP contribution is -2.27. The van der Waals surface area contributed by atoms with E-state index < -0.39 is 5.82 Å². The first-order chi connectivity index (χ1) is 7.54. The molecule has 2 N–H and O–H groups in total. The van der Waals surface area contributed by atoms with Crippen LogP contribution in [0.2, 0.25) is 0 Å². The van der Waals surface area contributed by atoms with Gasteiger partial charge in [-0.05, 0) is 24.6 Å². The lowest BCUT2D eigenvalue weighted by atomic mass is 10.1. The summed E-state index contributed by atoms with van der Waals surface area (Å²) in [7, 11) is 1.71. The van der Waals surface area contributed by atoms with E-state index in [1.54, 1.807) is 11.9 Å². The molecule has 0 saturated heterocycles. The monoisotopic (exact) mass is 224 g/mol. The summed E-state index contributed by atoms with van der Waals surface area (Å²) in [4.78, 5) is 13.4. The molecule has 88 valence electrons. The van der Waals surface area contributed by atoms with Gasteiger partial charge in [0.05, 0.1) is 0 Å². The molecule has 0 fully saturated rings. The molecule has 1 aromatic rings. The number of unbranched alkanes of at least 4 members (excludes halogenated alkanes) is 1. The van der Waals surface area contributed by atoms with Gasteiger partial charge < -0.3 is 10.6 Å². The molecule has 16 heavy (non-hydrogen) atoms. The van der Waals surface area contributed by atoms with Gasteiger partial charge in [-0.15, -0.1) is 0 Å². The van der Waals surface area contributed by atoms with Crippen LogP contribution in [0.4, 0.5) is 10.1 Å². The highest BCUT2D eigenvalue weighted by molar-refractivity contribution is 5.94. The predicted octanol–water partition coefficient (Wildman–Crippen LogP) is 2.28. The second-order valence-corrected chi connectivity index (χ2v) is 3.85. The van der Waals surface area contributed by atoms with Crippen LogP contribution in [0.15, 0.2) is 18.2 Å². The van der Waals surface area contributed by atoms with Crippen LogP contribution in [0.3, 0.4) is 0 Å². The Morgan fingerprint density at radius 3 is 2.69 bits per heavy atom. The first kappa shape index (κ1) is 12.5. The quantitative estimate of drug-likeness (QED) is 0.797. The summed E-state index contributed by atoms with van der Waals surface area (Å²) in [5.41, 5.74) is 6.06. The van der Waals surface area contributed by atoms with Gasteiger partial charge in [0.1, 0.15) is 5.82 Å². The summed E-state index contributed by atoms with van der Waals surface area (Å²) < 4.78 is 13.1. The van der Waals surface area contributed by atoms with Crippen LogP contribution in [0, 0.1) is 5.82 Å². The van der Waals surface area contributed by atoms with Crippen molar-refractivity contribution in [1.82, 2.24) is 4.90 Å². The highest BCUT2D eigenvalue weighted by Crippen LogP contribution is 2.12. The summed E-state index contributed by atoms with van der Waals surface area (Å²) in [6.07, 6.45) is 1.95. The van der Waals surface area contributed by atoms with Crippen molar-refractivity contribution in [3.05, 3.63) is 29.6 Å². The van der Waals surface area contributed by atoms with Gasteiger partial charge in [-0.3, -0.25) is 4.79 Å². The molecular formula is C12H17FN2O. The molecule has 0 radical (unpaired) electrons. The minimum Gasteiger partial charge on any atom is -0.399 e. The summed E-state index contributed by atoms with van der Waals surface area (Å²) in [6.45, 7) is 2.73. The van der Waals surface area contributed by atoms with Gasteiger partial charge in [-0.2, -0.15) is 0 Å². The number of nitrogens with two attached hydrogens (primary N) is 1. The number of carbonyl (C=O) groups is 1. The van der Waals surface area contributed by atoms with Crippen molar-refractivity contribution in [1.29, 1.82) is 0 Å². The van der Waals surface area contributed by atoms with Crippen molar-refractivity contribution in [2.24, 2.45) is 0 Å². The zero-order valence-corrected chi connectivity index (χ0v) is 9.66. The third-order valence-electron chi connectivity index (χ3n) is 2.36. The van der Waals surface area contributed by atoms with Crippen LogP contribution in [0.25, 0.3) is 0 Å². The number of anilines is 1. The molecule has 1 rings (SSSR count). The maximum absolute atomic E-state index is 13.1. The normalized spacial score (nSPS) is 10.2. The lowest BCUT2D eigenvalue weighted by Gasteiger charge is -2.16. The Balaban J connectivity index is 2.79. The van der Waals surface area contributed by atoms with E-state index in [9.17, 15) is 9.18 Å². The maximum atomic E-state index is 13.1. The Morgan fingerprint density at radius 1 is 1.44 bits per heavy atom. The number of rotatable bonds is 4. The van der Waals surface area contributed by atoms with E-state index in [1.165, 1.54) is 18.2 Å². The maximum Gasteiger partial charge on any atom is 0.253 e. The van der Waals surface area contributed by atoms with Crippen molar-refractivity contribution >= 4 is 11.6 Å². The Morgan fingerprint density at radius 2 is 2.12 bits per heavy atom. The molecule has 0 heterocycles. The smallest absolute Gasteiger partial charge is 0.253 e. The molecule has 0 saturated carbocycles. The van der Waals surface area contributed by atoms with E-state index in [0.717, 1.165) is 12.8 Å². The number of amides is 1. The molecule has 0 aliphatic rings. The molecule has 0 bridgehead atoms. The van der Waals surface area contributed by atoms with Crippen molar-refractivity contribution in [2.45, 2.75) is 19.8 Å². The van der Waals surface area contributed by atoms with E-state index in [2.05, 4.69) is 6.92 Å². The number of nitrogen functional groups attached to an aromatic ring is 1. The van der Waals surface area contributed by atoms with E-state index in [-0.39, 0.29) is 11.6 Å². The molecular weight excluding hydrogens is 207 g/mol. The van der Waals surface area contributed by atoms with Crippen LogP contribution >= 0.6 is 0 Å². The van der Waals surface area contributed by atoms with Gasteiger partial charge in [-0.25, -0.2) is 4.39 Å². The number of hydrogen-bond donors (Lipinski definition) is 1. The molecule has 0 spiro atoms. The Hall–Kier alpha value is -1.58. The summed E-state index contributed by atoms with van der Waals surface area (Å²) in [5, 5.41) is 0. The zero-order valence-electron chi connectivity index (χ0n) is 9.66. The van der Waals surface area contributed by atoms with Crippen LogP contribution in [-0.4, -0.2) is 24.4 Å². The van der Waals surface area contributed by atoms with Crippen LogP contribution in [0.1, 0.15) is 30.1 Å². The van der Waals surface area contributed by atoms with Gasteiger partial charge in [0.15, 0.2) is 0 Å². The average molecular weight is 224 g/mol. The summed E-state index contributed by atoms with van der Waals surface area (Å²) >= 11 is 0. The third kappa shape index (κ3) is 3.22. The second-order valence-electron chi connectivity index (χ2n) is 3.85. The summed E-state index contributed by atoms with van der Waals surface area (Å²) in [5.74, 6) is -0.674. The SMILES string of the molecule is CCCCN(C)C(=O)c1cc(N)cc(F)c1. The number of hydrogen-bond acceptors (Lipinski definition) is 2. The van der Waals surface area contributed by atoms with Gasteiger partial charge in [-0.1, -0.05) is 13.3 Å². The van der Waals surface area contributed by atoms with Gasteiger partial charge in [0.2, 0.25) is 0 Å². The molecule has 3 nitrogen and oxygen atoms in total. The molecule has 0 atom stereocenters. The predicted molar refractivity (Wildman–Crippen MR) is 62.7 cm³/mol. The first-order valence-corrected chi connectivity index (χ1v) is 5.36. The number of halogens is 1. The lowest BCUT2D eigenvalue weighted by molar-refractivity contribution is 0.0793. The largest absolute Gasteiger partial charge is 0.399 e. The molecule has 1 amide bonds. The summed E-state index contributed by atoms with van der Waals surface area (Å²) in [6, 6.07) is 3.90. The Kier molecular flexibility index (Phi) is 4.28. The van der Waals surface area contributed by atoms with E-state index in [0.29, 0.717) is 12.1 Å². The second kappa shape index (κ2) is 5.49. The number of nitrogens with zero attached hydrogens (tertiary/aromatic N) is 1. The fourth-order valence-corrected chi connectivity index (χ4v) is 1.45. The van der Waals surface area contributed by atoms with Gasteiger partial charge in [0, 0.05) is 24.8 Å². The van der Waals surface area contributed by atoms with E-state index in [1.807, 2.05) is 0 Å². The highest BCUT2D eigenvalue weighted by atomic mass is 19.1. The minimum absolute atomic E-state index is 0.195. The topological polar surface area (TPSA) is 46.3 Å². The zero-order chi connectivity index (χ0) is 12.1. The number of carbonyl (C=O) groups excluding carboxylic acids is 1. The molecule has 0 aromatic heterocycles. The van der Waals surface area contributed by atoms with Crippen LogP contribution < -0.4 is 5.73 Å². The fraction of sp³-hybridized carbons (Fsp3) is 0.417. The van der Waals surface area contributed by atoms with Gasteiger partial charge >= 0.3 is 0 Å². The molecule has 0 unspecified atom stereocenters. The molecule has 1 aromatic carbocycles. The van der Waals surface area contributed by atoms with Crippen LogP contribution in [-0.2, 0) is 0 Å². The standard InChI is InChI=1S/C12H17FN2O/c1-3-4-5-15(2)12(16)9-6-10(13)8-11(14)7-9/h6-8H,3-5,14H2,1-2H3. The average Bonchev–Trinajstić information content (AvgIpc) is 2.23. The van der Waals surface area contributed by atoms with Crippen molar-refractivity contribution < 1.29 is 9.18 Å². The first-order valence-electron chi connectivity index (χ1n) is 5.36. The third-order valence-corrected chi connectivity index (χ3v) is 2.36. The minimum atomic E-state index is -0.479. The molecule has 4 heteroatoms.